The molecule has 0 saturated heterocycles. The molecular formula is NiS4W-6. The van der Waals surface area contributed by atoms with Gasteiger partial charge in [-0.2, -0.15) is 0 Å². The van der Waals surface area contributed by atoms with Gasteiger partial charge in [-0.1, -0.05) is 0 Å². The third kappa shape index (κ3) is 30.8. The topological polar surface area (TPSA) is 0 Å². The van der Waals surface area contributed by atoms with Crippen LogP contribution in [0.4, 0.5) is 0 Å². The van der Waals surface area contributed by atoms with Gasteiger partial charge < -0.3 is 54.0 Å². The molecule has 0 unspecified atom stereocenters. The van der Waals surface area contributed by atoms with E-state index in [1.54, 1.807) is 0 Å². The Morgan fingerprint density at radius 1 is 0.500 bits per heavy atom. The Morgan fingerprint density at radius 2 is 0.500 bits per heavy atom. The summed E-state index contributed by atoms with van der Waals surface area (Å²) in [5.74, 6) is 0. The van der Waals surface area contributed by atoms with Gasteiger partial charge >= 0.3 is 16.5 Å². The Bertz CT molecular complexity index is 7.51. The molecule has 0 N–H and O–H groups in total. The molecule has 0 nitrogen and oxygen atoms in total. The average molecular weight is 371 g/mol. The van der Waals surface area contributed by atoms with Crippen LogP contribution in [0.15, 0.2) is 0 Å². The van der Waals surface area contributed by atoms with Gasteiger partial charge in [0, 0.05) is 21.1 Å². The first kappa shape index (κ1) is 74.0. The molecule has 0 saturated carbocycles. The number of hydrogen-bond donors (Lipinski definition) is 0. The first-order chi connectivity index (χ1) is 0. The average Bonchev–Trinajstić information content (AvgIpc) is 0. The SMILES string of the molecule is [Ni+2].[S-2].[S-2].[S-2].[S-2].[W]. The van der Waals surface area contributed by atoms with Crippen LogP contribution in [0.1, 0.15) is 0 Å². The monoisotopic (exact) mass is 370 g/mol. The minimum Gasteiger partial charge on any atom is -2.00 e. The van der Waals surface area contributed by atoms with Gasteiger partial charge in [-0.05, 0) is 0 Å². The maximum atomic E-state index is 0. The zero-order chi connectivity index (χ0) is 0. The van der Waals surface area contributed by atoms with Gasteiger partial charge in [0.25, 0.3) is 0 Å². The molecule has 0 amide bonds. The standard InChI is InChI=1S/Ni.4S.W/q+2;4*-2;. The second-order valence-corrected chi connectivity index (χ2v) is 0. The summed E-state index contributed by atoms with van der Waals surface area (Å²) in [6.45, 7) is 0. The van der Waals surface area contributed by atoms with Crippen molar-refractivity contribution < 1.29 is 37.6 Å². The molecule has 0 aromatic carbocycles. The van der Waals surface area contributed by atoms with Crippen molar-refractivity contribution >= 4 is 54.0 Å². The molecule has 0 aromatic rings. The van der Waals surface area contributed by atoms with Gasteiger partial charge in [0.1, 0.15) is 0 Å². The van der Waals surface area contributed by atoms with Crippen molar-refractivity contribution in [1.29, 1.82) is 0 Å². The van der Waals surface area contributed by atoms with Crippen LogP contribution in [-0.2, 0) is 91.5 Å². The third-order valence-electron chi connectivity index (χ3n) is 0. The van der Waals surface area contributed by atoms with E-state index in [1.807, 2.05) is 0 Å². The van der Waals surface area contributed by atoms with Crippen LogP contribution in [0.2, 0.25) is 0 Å². The van der Waals surface area contributed by atoms with Crippen LogP contribution in [0, 0.1) is 0 Å². The summed E-state index contributed by atoms with van der Waals surface area (Å²) in [5.41, 5.74) is 0. The molecule has 0 heterocycles. The fourth-order valence-corrected chi connectivity index (χ4v) is 0. The Kier molecular flexibility index (Phi) is 608. The van der Waals surface area contributed by atoms with Crippen molar-refractivity contribution in [1.82, 2.24) is 0 Å². The summed E-state index contributed by atoms with van der Waals surface area (Å²) < 4.78 is 0. The summed E-state index contributed by atoms with van der Waals surface area (Å²) in [6.07, 6.45) is 0. The van der Waals surface area contributed by atoms with E-state index < -0.39 is 0 Å². The van der Waals surface area contributed by atoms with Gasteiger partial charge in [-0.15, -0.1) is 0 Å². The summed E-state index contributed by atoms with van der Waals surface area (Å²) in [5, 5.41) is 0. The molecule has 0 bridgehead atoms. The molecule has 0 spiro atoms. The summed E-state index contributed by atoms with van der Waals surface area (Å²) >= 11 is 0. The van der Waals surface area contributed by atoms with Crippen molar-refractivity contribution in [3.63, 3.8) is 0 Å². The largest absolute Gasteiger partial charge is 2.00 e. The molecule has 0 atom stereocenters. The smallest absolute Gasteiger partial charge is 2.00 e. The second-order valence-electron chi connectivity index (χ2n) is 0. The van der Waals surface area contributed by atoms with E-state index in [-0.39, 0.29) is 91.5 Å². The number of rotatable bonds is 0. The van der Waals surface area contributed by atoms with Crippen molar-refractivity contribution in [3.8, 4) is 0 Å². The Balaban J connectivity index is 0. The molecule has 46 valence electrons. The molecule has 6 heteroatoms. The minimum absolute atomic E-state index is 0. The van der Waals surface area contributed by atoms with Crippen LogP contribution in [0.3, 0.4) is 0 Å². The van der Waals surface area contributed by atoms with Crippen LogP contribution in [0.5, 0.6) is 0 Å². The van der Waals surface area contributed by atoms with Gasteiger partial charge in [-0.3, -0.25) is 0 Å². The molecule has 6 heavy (non-hydrogen) atoms. The molecule has 0 aromatic heterocycles. The van der Waals surface area contributed by atoms with Crippen LogP contribution < -0.4 is 0 Å². The summed E-state index contributed by atoms with van der Waals surface area (Å²) in [4.78, 5) is 0. The Hall–Kier alpha value is 2.58. The Labute approximate surface area is 90.6 Å². The summed E-state index contributed by atoms with van der Waals surface area (Å²) in [7, 11) is 0. The fraction of sp³-hybridized carbons (Fsp3) is 0. The predicted octanol–water partition coefficient (Wildman–Crippen LogP) is -0.0146. The molecule has 0 rings (SSSR count). The fourth-order valence-electron chi connectivity index (χ4n) is 0. The van der Waals surface area contributed by atoms with Crippen molar-refractivity contribution in [2.45, 2.75) is 0 Å². The zero-order valence-electron chi connectivity index (χ0n) is 2.36. The quantitative estimate of drug-likeness (QED) is 0.526. The molecule has 0 radical (unpaired) electrons. The van der Waals surface area contributed by atoms with Gasteiger partial charge in [0.2, 0.25) is 0 Å². The maximum absolute atomic E-state index is 0. The summed E-state index contributed by atoms with van der Waals surface area (Å²) in [6, 6.07) is 0. The molecule has 0 aliphatic carbocycles. The third-order valence-corrected chi connectivity index (χ3v) is 0. The normalized spacial score (nSPS) is 0. The van der Waals surface area contributed by atoms with E-state index in [2.05, 4.69) is 0 Å². The number of hydrogen-bond acceptors (Lipinski definition) is 0. The molecule has 0 aliphatic heterocycles. The zero-order valence-corrected chi connectivity index (χ0v) is 9.54. The van der Waals surface area contributed by atoms with Crippen LogP contribution in [0.25, 0.3) is 0 Å². The predicted molar refractivity (Wildman–Crippen MR) is 29.5 cm³/mol. The Morgan fingerprint density at radius 3 is 0.500 bits per heavy atom. The second kappa shape index (κ2) is 49.3. The van der Waals surface area contributed by atoms with E-state index in [0.717, 1.165) is 0 Å². The van der Waals surface area contributed by atoms with E-state index >= 15 is 0 Å². The minimum atomic E-state index is 0. The van der Waals surface area contributed by atoms with Gasteiger partial charge in [-0.25, -0.2) is 0 Å². The van der Waals surface area contributed by atoms with E-state index in [9.17, 15) is 0 Å². The van der Waals surface area contributed by atoms with E-state index in [4.69, 9.17) is 0 Å². The van der Waals surface area contributed by atoms with Gasteiger partial charge in [0.05, 0.1) is 0 Å². The van der Waals surface area contributed by atoms with E-state index in [0.29, 0.717) is 0 Å². The molecule has 0 aliphatic rings. The van der Waals surface area contributed by atoms with Gasteiger partial charge in [0.15, 0.2) is 0 Å². The van der Waals surface area contributed by atoms with Crippen LogP contribution >= 0.6 is 0 Å². The van der Waals surface area contributed by atoms with Crippen molar-refractivity contribution in [3.05, 3.63) is 0 Å². The molecular weight excluding hydrogens is 371 g/mol. The first-order valence-electron chi connectivity index (χ1n) is 0. The first-order valence-corrected chi connectivity index (χ1v) is 0. The van der Waals surface area contributed by atoms with Crippen LogP contribution in [-0.4, -0.2) is 0 Å². The van der Waals surface area contributed by atoms with E-state index in [1.165, 1.54) is 0 Å². The van der Waals surface area contributed by atoms with Crippen molar-refractivity contribution in [2.24, 2.45) is 0 Å². The maximum Gasteiger partial charge on any atom is 2.00 e. The van der Waals surface area contributed by atoms with Crippen molar-refractivity contribution in [2.75, 3.05) is 0 Å². The molecule has 0 fully saturated rings.